The van der Waals surface area contributed by atoms with Crippen LogP contribution in [-0.2, 0) is 30.8 Å². The van der Waals surface area contributed by atoms with Crippen LogP contribution in [0.2, 0.25) is 0 Å². The average Bonchev–Trinajstić information content (AvgIpc) is 2.75. The first kappa shape index (κ1) is 20.9. The van der Waals surface area contributed by atoms with Crippen LogP contribution in [0, 0.1) is 18.6 Å². The number of nitrogens with zero attached hydrogens (tertiary/aromatic N) is 3. The molecule has 0 unspecified atom stereocenters. The molecule has 0 saturated carbocycles. The third-order valence-electron chi connectivity index (χ3n) is 5.36. The molecule has 0 fully saturated rings. The second-order valence-corrected chi connectivity index (χ2v) is 7.57. The Bertz CT molecular complexity index is 1160. The van der Waals surface area contributed by atoms with Crippen molar-refractivity contribution in [2.45, 2.75) is 33.0 Å². The Morgan fingerprint density at radius 2 is 1.81 bits per heavy atom. The van der Waals surface area contributed by atoms with Crippen LogP contribution in [0.1, 0.15) is 22.6 Å². The second kappa shape index (κ2) is 8.77. The number of fused-ring (bicyclic) bond motifs is 1. The number of carbonyl (C=O) groups excluding carboxylic acids is 1. The fourth-order valence-electron chi connectivity index (χ4n) is 3.79. The van der Waals surface area contributed by atoms with Crippen molar-refractivity contribution >= 4 is 11.6 Å². The maximum absolute atomic E-state index is 13.8. The molecule has 0 atom stereocenters. The molecule has 0 radical (unpaired) electrons. The first-order valence-electron chi connectivity index (χ1n) is 10.0. The normalized spacial score (nSPS) is 13.6. The molecule has 0 bridgehead atoms. The molecule has 4 rings (SSSR count). The summed E-state index contributed by atoms with van der Waals surface area (Å²) in [6, 6.07) is 13.3. The summed E-state index contributed by atoms with van der Waals surface area (Å²) in [5.74, 6) is -2.06. The van der Waals surface area contributed by atoms with Crippen LogP contribution in [0.15, 0.2) is 53.3 Å². The van der Waals surface area contributed by atoms with Crippen molar-refractivity contribution in [2.75, 3.05) is 11.9 Å². The molecular formula is C23H22F2N4O2. The Labute approximate surface area is 178 Å². The highest BCUT2D eigenvalue weighted by molar-refractivity contribution is 5.90. The van der Waals surface area contributed by atoms with Gasteiger partial charge in [-0.1, -0.05) is 36.4 Å². The molecule has 1 aromatic heterocycles. The second-order valence-electron chi connectivity index (χ2n) is 7.57. The molecule has 160 valence electrons. The lowest BCUT2D eigenvalue weighted by molar-refractivity contribution is -0.116. The van der Waals surface area contributed by atoms with E-state index in [1.165, 1.54) is 10.6 Å². The fourth-order valence-corrected chi connectivity index (χ4v) is 3.79. The van der Waals surface area contributed by atoms with Crippen LogP contribution in [0.5, 0.6) is 0 Å². The van der Waals surface area contributed by atoms with Gasteiger partial charge in [0.1, 0.15) is 29.7 Å². The topological polar surface area (TPSA) is 67.2 Å². The Hall–Kier alpha value is -3.39. The SMILES string of the molecule is Cc1nc2c(c(=O)n1CC(=O)Nc1c(F)cccc1F)CN(Cc1ccccc1)CC2. The van der Waals surface area contributed by atoms with Crippen LogP contribution in [0.4, 0.5) is 14.5 Å². The number of amides is 1. The van der Waals surface area contributed by atoms with Gasteiger partial charge in [0.2, 0.25) is 5.91 Å². The van der Waals surface area contributed by atoms with E-state index >= 15 is 0 Å². The molecule has 1 amide bonds. The van der Waals surface area contributed by atoms with E-state index in [1.54, 1.807) is 6.92 Å². The molecule has 1 N–H and O–H groups in total. The molecule has 1 aliphatic rings. The summed E-state index contributed by atoms with van der Waals surface area (Å²) >= 11 is 0. The van der Waals surface area contributed by atoms with Crippen molar-refractivity contribution in [3.63, 3.8) is 0 Å². The maximum atomic E-state index is 13.8. The largest absolute Gasteiger partial charge is 0.320 e. The summed E-state index contributed by atoms with van der Waals surface area (Å²) in [6.45, 7) is 3.19. The van der Waals surface area contributed by atoms with Gasteiger partial charge in [-0.05, 0) is 24.6 Å². The third-order valence-corrected chi connectivity index (χ3v) is 5.36. The molecule has 8 heteroatoms. The van der Waals surface area contributed by atoms with Crippen LogP contribution in [-0.4, -0.2) is 26.9 Å². The zero-order chi connectivity index (χ0) is 22.0. The van der Waals surface area contributed by atoms with Crippen LogP contribution in [0.3, 0.4) is 0 Å². The standard InChI is InChI=1S/C23H22F2N4O2/c1-15-26-20-10-11-28(12-16-6-3-2-4-7-16)13-17(20)23(31)29(15)14-21(30)27-22-18(24)8-5-9-19(22)25/h2-9H,10-14H2,1H3,(H,27,30). The van der Waals surface area contributed by atoms with Gasteiger partial charge in [0, 0.05) is 26.1 Å². The van der Waals surface area contributed by atoms with Crippen molar-refractivity contribution < 1.29 is 13.6 Å². The summed E-state index contributed by atoms with van der Waals surface area (Å²) in [6.07, 6.45) is 0.645. The number of anilines is 1. The number of hydrogen-bond donors (Lipinski definition) is 1. The zero-order valence-electron chi connectivity index (χ0n) is 17.1. The van der Waals surface area contributed by atoms with Gasteiger partial charge in [-0.3, -0.25) is 19.1 Å². The molecule has 0 spiro atoms. The van der Waals surface area contributed by atoms with E-state index in [4.69, 9.17) is 0 Å². The molecular weight excluding hydrogens is 402 g/mol. The number of hydrogen-bond acceptors (Lipinski definition) is 4. The van der Waals surface area contributed by atoms with Crippen LogP contribution < -0.4 is 10.9 Å². The Balaban J connectivity index is 1.54. The lowest BCUT2D eigenvalue weighted by Crippen LogP contribution is -2.40. The van der Waals surface area contributed by atoms with Crippen molar-refractivity contribution in [2.24, 2.45) is 0 Å². The Morgan fingerprint density at radius 3 is 2.52 bits per heavy atom. The minimum absolute atomic E-state index is 0.301. The van der Waals surface area contributed by atoms with Gasteiger partial charge in [0.05, 0.1) is 11.3 Å². The molecule has 31 heavy (non-hydrogen) atoms. The monoisotopic (exact) mass is 424 g/mol. The van der Waals surface area contributed by atoms with E-state index in [1.807, 2.05) is 30.3 Å². The molecule has 0 saturated heterocycles. The third kappa shape index (κ3) is 4.54. The van der Waals surface area contributed by atoms with Crippen LogP contribution >= 0.6 is 0 Å². The first-order chi connectivity index (χ1) is 14.9. The lowest BCUT2D eigenvalue weighted by atomic mass is 10.1. The fraction of sp³-hybridized carbons (Fsp3) is 0.261. The predicted octanol–water partition coefficient (Wildman–Crippen LogP) is 3.03. The average molecular weight is 424 g/mol. The van der Waals surface area contributed by atoms with Gasteiger partial charge in [0.15, 0.2) is 0 Å². The van der Waals surface area contributed by atoms with Crippen molar-refractivity contribution in [3.8, 4) is 0 Å². The van der Waals surface area contributed by atoms with Gasteiger partial charge < -0.3 is 5.32 Å². The molecule has 2 aromatic carbocycles. The zero-order valence-corrected chi connectivity index (χ0v) is 17.1. The van der Waals surface area contributed by atoms with Crippen LogP contribution in [0.25, 0.3) is 0 Å². The van der Waals surface area contributed by atoms with Crippen molar-refractivity contribution in [3.05, 3.63) is 93.2 Å². The molecule has 2 heterocycles. The van der Waals surface area contributed by atoms with Crippen molar-refractivity contribution in [1.29, 1.82) is 0 Å². The molecule has 1 aliphatic heterocycles. The van der Waals surface area contributed by atoms with Gasteiger partial charge in [-0.2, -0.15) is 0 Å². The van der Waals surface area contributed by atoms with E-state index in [-0.39, 0.29) is 12.1 Å². The number of rotatable bonds is 5. The number of aromatic nitrogens is 2. The van der Waals surface area contributed by atoms with Crippen molar-refractivity contribution in [1.82, 2.24) is 14.5 Å². The minimum Gasteiger partial charge on any atom is -0.320 e. The van der Waals surface area contributed by atoms with Gasteiger partial charge >= 0.3 is 0 Å². The number of benzene rings is 2. The lowest BCUT2D eigenvalue weighted by Gasteiger charge is -2.28. The number of carbonyl (C=O) groups is 1. The summed E-state index contributed by atoms with van der Waals surface area (Å²) < 4.78 is 28.9. The number of para-hydroxylation sites is 1. The van der Waals surface area contributed by atoms with E-state index in [2.05, 4.69) is 15.2 Å². The van der Waals surface area contributed by atoms with Gasteiger partial charge in [-0.15, -0.1) is 0 Å². The first-order valence-corrected chi connectivity index (χ1v) is 10.0. The molecule has 0 aliphatic carbocycles. The highest BCUT2D eigenvalue weighted by atomic mass is 19.1. The summed E-state index contributed by atoms with van der Waals surface area (Å²) in [5, 5.41) is 2.22. The van der Waals surface area contributed by atoms with Gasteiger partial charge in [0.25, 0.3) is 5.56 Å². The highest BCUT2D eigenvalue weighted by Crippen LogP contribution is 2.19. The Kier molecular flexibility index (Phi) is 5.90. The highest BCUT2D eigenvalue weighted by Gasteiger charge is 2.23. The maximum Gasteiger partial charge on any atom is 0.258 e. The molecule has 6 nitrogen and oxygen atoms in total. The summed E-state index contributed by atoms with van der Waals surface area (Å²) in [5.41, 5.74) is 1.61. The predicted molar refractivity (Wildman–Crippen MR) is 112 cm³/mol. The number of nitrogens with one attached hydrogen (secondary N) is 1. The number of aryl methyl sites for hydroxylation is 1. The quantitative estimate of drug-likeness (QED) is 0.684. The summed E-state index contributed by atoms with van der Waals surface area (Å²) in [4.78, 5) is 32.2. The minimum atomic E-state index is -0.877. The molecule has 3 aromatic rings. The Morgan fingerprint density at radius 1 is 1.10 bits per heavy atom. The van der Waals surface area contributed by atoms with Gasteiger partial charge in [-0.25, -0.2) is 13.8 Å². The van der Waals surface area contributed by atoms with E-state index in [0.717, 1.165) is 29.9 Å². The number of halogens is 2. The van der Waals surface area contributed by atoms with E-state index < -0.39 is 23.2 Å². The summed E-state index contributed by atoms with van der Waals surface area (Å²) in [7, 11) is 0. The van der Waals surface area contributed by atoms with E-state index in [0.29, 0.717) is 30.9 Å². The van der Waals surface area contributed by atoms with E-state index in [9.17, 15) is 18.4 Å². The smallest absolute Gasteiger partial charge is 0.258 e.